The molecule has 78 valence electrons. The van der Waals surface area contributed by atoms with Gasteiger partial charge < -0.3 is 14.6 Å². The molecule has 0 atom stereocenters. The van der Waals surface area contributed by atoms with E-state index in [1.165, 1.54) is 6.07 Å². The molecule has 0 amide bonds. The van der Waals surface area contributed by atoms with Crippen molar-refractivity contribution in [2.24, 2.45) is 0 Å². The summed E-state index contributed by atoms with van der Waals surface area (Å²) in [5.41, 5.74) is 0.740. The molecule has 0 N–H and O–H groups in total. The van der Waals surface area contributed by atoms with E-state index >= 15 is 0 Å². The van der Waals surface area contributed by atoms with Crippen molar-refractivity contribution in [1.82, 2.24) is 0 Å². The lowest BCUT2D eigenvalue weighted by Gasteiger charge is -2.11. The highest BCUT2D eigenvalue weighted by Gasteiger charge is 2.05. The summed E-state index contributed by atoms with van der Waals surface area (Å²) in [6.07, 6.45) is 0.230. The van der Waals surface area contributed by atoms with E-state index in [0.29, 0.717) is 6.61 Å². The Morgan fingerprint density at radius 3 is 2.87 bits per heavy atom. The van der Waals surface area contributed by atoms with Crippen LogP contribution < -0.4 is 9.84 Å². The lowest BCUT2D eigenvalue weighted by molar-refractivity contribution is -0.255. The van der Waals surface area contributed by atoms with Crippen molar-refractivity contribution >= 4 is 5.97 Å². The Morgan fingerprint density at radius 2 is 2.33 bits per heavy atom. The molecular weight excluding hydrogens is 194 g/mol. The molecule has 0 aliphatic rings. The summed E-state index contributed by atoms with van der Waals surface area (Å²) in [7, 11) is 0. The minimum atomic E-state index is -1.28. The van der Waals surface area contributed by atoms with Crippen molar-refractivity contribution in [2.75, 3.05) is 6.61 Å². The van der Waals surface area contributed by atoms with Crippen LogP contribution in [-0.4, -0.2) is 12.6 Å². The van der Waals surface area contributed by atoms with E-state index in [9.17, 15) is 9.90 Å². The van der Waals surface area contributed by atoms with Gasteiger partial charge in [0.2, 0.25) is 0 Å². The normalized spacial score (nSPS) is 9.33. The molecule has 1 aromatic rings. The zero-order valence-corrected chi connectivity index (χ0v) is 8.32. The molecule has 4 heteroatoms. The fraction of sp³-hybridized carbons (Fsp3) is 0.273. The highest BCUT2D eigenvalue weighted by Crippen LogP contribution is 2.20. The molecule has 1 aromatic carbocycles. The standard InChI is InChI=1S/C11H11NO3/c1-2-15-10-7-8(5-6-12)3-4-9(10)11(13)14/h3-4,7H,2,5H2,1H3,(H,13,14)/p-1. The van der Waals surface area contributed by atoms with Crippen LogP contribution in [0.1, 0.15) is 22.8 Å². The van der Waals surface area contributed by atoms with Gasteiger partial charge in [-0.1, -0.05) is 6.07 Å². The number of hydrogen-bond donors (Lipinski definition) is 0. The van der Waals surface area contributed by atoms with Gasteiger partial charge in [-0.2, -0.15) is 5.26 Å². The van der Waals surface area contributed by atoms with Crippen molar-refractivity contribution < 1.29 is 14.6 Å². The largest absolute Gasteiger partial charge is 0.545 e. The first-order chi connectivity index (χ1) is 7.19. The van der Waals surface area contributed by atoms with Gasteiger partial charge in [-0.15, -0.1) is 0 Å². The summed E-state index contributed by atoms with van der Waals surface area (Å²) in [5, 5.41) is 19.2. The van der Waals surface area contributed by atoms with Gasteiger partial charge in [-0.25, -0.2) is 0 Å². The topological polar surface area (TPSA) is 73.1 Å². The molecular formula is C11H10NO3-. The molecule has 0 saturated heterocycles. The van der Waals surface area contributed by atoms with Gasteiger partial charge in [-0.05, 0) is 24.6 Å². The second-order valence-electron chi connectivity index (χ2n) is 2.89. The fourth-order valence-electron chi connectivity index (χ4n) is 1.21. The Labute approximate surface area is 87.7 Å². The monoisotopic (exact) mass is 204 g/mol. The van der Waals surface area contributed by atoms with Crippen LogP contribution >= 0.6 is 0 Å². The molecule has 0 spiro atoms. The smallest absolute Gasteiger partial charge is 0.128 e. The molecule has 1 rings (SSSR count). The first-order valence-corrected chi connectivity index (χ1v) is 4.53. The highest BCUT2D eigenvalue weighted by molar-refractivity contribution is 5.89. The number of hydrogen-bond acceptors (Lipinski definition) is 4. The Bertz CT molecular complexity index is 407. The van der Waals surface area contributed by atoms with Crippen LogP contribution in [0.5, 0.6) is 5.75 Å². The summed E-state index contributed by atoms with van der Waals surface area (Å²) in [6, 6.07) is 6.51. The Kier molecular flexibility index (Phi) is 3.69. The molecule has 15 heavy (non-hydrogen) atoms. The summed E-state index contributed by atoms with van der Waals surface area (Å²) >= 11 is 0. The summed E-state index contributed by atoms with van der Waals surface area (Å²) < 4.78 is 5.16. The van der Waals surface area contributed by atoms with Crippen molar-refractivity contribution in [2.45, 2.75) is 13.3 Å². The minimum Gasteiger partial charge on any atom is -0.545 e. The Hall–Kier alpha value is -2.02. The number of carbonyl (C=O) groups excluding carboxylic acids is 1. The zero-order valence-electron chi connectivity index (χ0n) is 8.32. The molecule has 0 fully saturated rings. The van der Waals surface area contributed by atoms with Crippen LogP contribution in [0.2, 0.25) is 0 Å². The molecule has 0 bridgehead atoms. The predicted octanol–water partition coefficient (Wildman–Crippen LogP) is 0.515. The number of aromatic carboxylic acids is 1. The van der Waals surface area contributed by atoms with Crippen LogP contribution in [0.15, 0.2) is 18.2 Å². The molecule has 4 nitrogen and oxygen atoms in total. The average molecular weight is 204 g/mol. The predicted molar refractivity (Wildman–Crippen MR) is 51.3 cm³/mol. The summed E-state index contributed by atoms with van der Waals surface area (Å²) in [4.78, 5) is 10.7. The van der Waals surface area contributed by atoms with Gasteiger partial charge in [0.15, 0.2) is 0 Å². The summed E-state index contributed by atoms with van der Waals surface area (Å²) in [6.45, 7) is 2.13. The van der Waals surface area contributed by atoms with Gasteiger partial charge in [0.05, 0.1) is 25.1 Å². The van der Waals surface area contributed by atoms with Crippen molar-refractivity contribution in [1.29, 1.82) is 5.26 Å². The third kappa shape index (κ3) is 2.71. The van der Waals surface area contributed by atoms with Crippen LogP contribution in [0.25, 0.3) is 0 Å². The molecule has 0 aromatic heterocycles. The average Bonchev–Trinajstić information content (AvgIpc) is 2.18. The van der Waals surface area contributed by atoms with Gasteiger partial charge in [0.1, 0.15) is 5.75 Å². The number of nitrogens with zero attached hydrogens (tertiary/aromatic N) is 1. The first kappa shape index (κ1) is 11.1. The number of ether oxygens (including phenoxy) is 1. The van der Waals surface area contributed by atoms with Gasteiger partial charge in [-0.3, -0.25) is 0 Å². The van der Waals surface area contributed by atoms with Crippen molar-refractivity contribution in [3.63, 3.8) is 0 Å². The Morgan fingerprint density at radius 1 is 1.60 bits per heavy atom. The molecule has 0 saturated carbocycles. The van der Waals surface area contributed by atoms with Crippen LogP contribution in [0, 0.1) is 11.3 Å². The van der Waals surface area contributed by atoms with E-state index in [1.807, 2.05) is 6.07 Å². The van der Waals surface area contributed by atoms with Gasteiger partial charge >= 0.3 is 0 Å². The second-order valence-corrected chi connectivity index (χ2v) is 2.89. The number of carboxylic acids is 1. The molecule has 0 heterocycles. The maximum atomic E-state index is 10.7. The van der Waals surface area contributed by atoms with E-state index < -0.39 is 5.97 Å². The number of rotatable bonds is 4. The highest BCUT2D eigenvalue weighted by atomic mass is 16.5. The molecule has 0 aliphatic carbocycles. The van der Waals surface area contributed by atoms with Crippen molar-refractivity contribution in [3.05, 3.63) is 29.3 Å². The molecule has 0 aliphatic heterocycles. The lowest BCUT2D eigenvalue weighted by Crippen LogP contribution is -2.23. The summed E-state index contributed by atoms with van der Waals surface area (Å²) in [5.74, 6) is -1.02. The fourth-order valence-corrected chi connectivity index (χ4v) is 1.21. The first-order valence-electron chi connectivity index (χ1n) is 4.53. The molecule has 0 unspecified atom stereocenters. The van der Waals surface area contributed by atoms with Gasteiger partial charge in [0.25, 0.3) is 0 Å². The second kappa shape index (κ2) is 5.01. The SMILES string of the molecule is CCOc1cc(CC#N)ccc1C(=O)[O-]. The minimum absolute atomic E-state index is 0.0125. The lowest BCUT2D eigenvalue weighted by atomic mass is 10.1. The van der Waals surface area contributed by atoms with E-state index in [4.69, 9.17) is 10.00 Å². The third-order valence-electron chi connectivity index (χ3n) is 1.85. The van der Waals surface area contributed by atoms with Crippen LogP contribution in [0.4, 0.5) is 0 Å². The van der Waals surface area contributed by atoms with E-state index in [-0.39, 0.29) is 17.7 Å². The molecule has 0 radical (unpaired) electrons. The maximum absolute atomic E-state index is 10.7. The number of carbonyl (C=O) groups is 1. The number of carboxylic acid groups (broad SMARTS) is 1. The maximum Gasteiger partial charge on any atom is 0.128 e. The van der Waals surface area contributed by atoms with Crippen LogP contribution in [0.3, 0.4) is 0 Å². The Balaban J connectivity index is 3.09. The van der Waals surface area contributed by atoms with Gasteiger partial charge in [0, 0.05) is 5.56 Å². The number of benzene rings is 1. The van der Waals surface area contributed by atoms with E-state index in [1.54, 1.807) is 19.1 Å². The quantitative estimate of drug-likeness (QED) is 0.716. The van der Waals surface area contributed by atoms with E-state index in [2.05, 4.69) is 0 Å². The zero-order chi connectivity index (χ0) is 11.3. The van der Waals surface area contributed by atoms with Crippen molar-refractivity contribution in [3.8, 4) is 11.8 Å². The number of nitriles is 1. The third-order valence-corrected chi connectivity index (χ3v) is 1.85. The van der Waals surface area contributed by atoms with E-state index in [0.717, 1.165) is 5.56 Å². The van der Waals surface area contributed by atoms with Crippen LogP contribution in [-0.2, 0) is 6.42 Å².